The monoisotopic (exact) mass is 1250 g/mol. The van der Waals surface area contributed by atoms with Gasteiger partial charge in [-0.05, 0) is 38.5 Å². The molecule has 87 heavy (non-hydrogen) atoms. The number of aliphatic hydroxyl groups excluding tert-OH is 11. The van der Waals surface area contributed by atoms with E-state index >= 15 is 0 Å². The summed E-state index contributed by atoms with van der Waals surface area (Å²) in [4.78, 5) is 38.3. The van der Waals surface area contributed by atoms with Gasteiger partial charge in [0.2, 0.25) is 11.8 Å². The van der Waals surface area contributed by atoms with Crippen molar-refractivity contribution in [2.24, 2.45) is 0 Å². The second-order valence-corrected chi connectivity index (χ2v) is 24.3. The summed E-state index contributed by atoms with van der Waals surface area (Å²) >= 11 is 0. The first-order valence-electron chi connectivity index (χ1n) is 33.2. The molecule has 3 aliphatic rings. The molecule has 18 atom stereocenters. The largest absolute Gasteiger partial charge is 0.477 e. The van der Waals surface area contributed by atoms with Crippen LogP contribution in [0.15, 0.2) is 24.3 Å². The number of carbonyl (C=O) groups is 3. The number of rotatable bonds is 49. The summed E-state index contributed by atoms with van der Waals surface area (Å²) in [5.41, 5.74) is 0. The molecule has 18 unspecified atom stereocenters. The summed E-state index contributed by atoms with van der Waals surface area (Å²) < 4.78 is 34.7. The summed E-state index contributed by atoms with van der Waals surface area (Å²) in [5, 5.41) is 135. The first-order chi connectivity index (χ1) is 41.9. The number of unbranched alkanes of at least 4 members (excludes halogenated alkanes) is 27. The third-order valence-electron chi connectivity index (χ3n) is 16.9. The van der Waals surface area contributed by atoms with Gasteiger partial charge in [0.1, 0.15) is 67.1 Å². The Morgan fingerprint density at radius 1 is 0.598 bits per heavy atom. The zero-order valence-electron chi connectivity index (χ0n) is 52.6. The number of nitrogens with one attached hydrogen (secondary N) is 2. The second kappa shape index (κ2) is 45.5. The fourth-order valence-electron chi connectivity index (χ4n) is 11.5. The van der Waals surface area contributed by atoms with E-state index in [-0.39, 0.29) is 12.3 Å². The van der Waals surface area contributed by atoms with Gasteiger partial charge in [-0.15, -0.1) is 0 Å². The summed E-state index contributed by atoms with van der Waals surface area (Å²) in [6.07, 6.45) is 14.2. The van der Waals surface area contributed by atoms with Crippen LogP contribution in [0.1, 0.15) is 226 Å². The van der Waals surface area contributed by atoms with Crippen LogP contribution >= 0.6 is 0 Å². The number of allylic oxidation sites excluding steroid dienone is 3. The van der Waals surface area contributed by atoms with E-state index in [1.54, 1.807) is 6.08 Å². The van der Waals surface area contributed by atoms with E-state index < -0.39 is 155 Å². The molecule has 23 heteroatoms. The van der Waals surface area contributed by atoms with Crippen LogP contribution < -0.4 is 10.6 Å². The van der Waals surface area contributed by atoms with Gasteiger partial charge >= 0.3 is 5.97 Å². The molecule has 0 radical (unpaired) electrons. The molecule has 3 saturated heterocycles. The molecule has 3 rings (SSSR count). The van der Waals surface area contributed by atoms with Gasteiger partial charge in [0.05, 0.1) is 50.7 Å². The number of hydrogen-bond donors (Lipinski definition) is 14. The molecular formula is C64H116N2O21. The lowest BCUT2D eigenvalue weighted by Crippen LogP contribution is -2.70. The zero-order valence-corrected chi connectivity index (χ0v) is 52.6. The maximum Gasteiger partial charge on any atom is 0.364 e. The second-order valence-electron chi connectivity index (χ2n) is 24.3. The number of carbonyl (C=O) groups excluding carboxylic acids is 2. The third-order valence-corrected chi connectivity index (χ3v) is 16.9. The van der Waals surface area contributed by atoms with Crippen LogP contribution in [0.25, 0.3) is 0 Å². The highest BCUT2D eigenvalue weighted by atomic mass is 16.8. The molecule has 0 spiro atoms. The molecule has 508 valence electrons. The fraction of sp³-hybridized carbons (Fsp3) is 0.891. The lowest BCUT2D eigenvalue weighted by molar-refractivity contribution is -0.386. The average molecular weight is 1250 g/mol. The van der Waals surface area contributed by atoms with Crippen molar-refractivity contribution in [3.8, 4) is 0 Å². The van der Waals surface area contributed by atoms with E-state index in [1.807, 2.05) is 6.08 Å². The van der Waals surface area contributed by atoms with E-state index in [2.05, 4.69) is 36.6 Å². The van der Waals surface area contributed by atoms with Gasteiger partial charge in [-0.25, -0.2) is 4.79 Å². The number of aliphatic carboxylic acids is 1. The summed E-state index contributed by atoms with van der Waals surface area (Å²) in [6.45, 7) is 2.06. The third kappa shape index (κ3) is 28.7. The van der Waals surface area contributed by atoms with Crippen molar-refractivity contribution in [1.29, 1.82) is 0 Å². The molecule has 0 aromatic carbocycles. The topological polar surface area (TPSA) is 373 Å². The maximum atomic E-state index is 13.3. The standard InChI is InChI=1S/C64H116N2O21/c1-4-6-8-10-12-14-15-16-17-18-19-20-21-22-23-24-25-26-27-28-30-31-33-35-37-46(71)45(66-51(74)38-36-34-32-29-13-11-9-7-5-2)43-82-61-56(78)55(77)58(50(42-69)84-61)85-62-57(79)60(54(76)49(41-68)83-62)87-64(63(80)81)39-47(72)52(65-44(3)70)59(86-64)53(75)48(73)40-67/h29,32,35,37,45-50,52-62,67-69,71-73,75-79H,4-28,30-31,33-34,36,38-43H2,1-3H3,(H,65,70)(H,66,74)(H,80,81)/b32-29-,37-35+. The highest BCUT2D eigenvalue weighted by molar-refractivity contribution is 5.77. The number of hydrogen-bond acceptors (Lipinski definition) is 20. The minimum Gasteiger partial charge on any atom is -0.477 e. The molecule has 23 nitrogen and oxygen atoms in total. The Labute approximate surface area is 517 Å². The van der Waals surface area contributed by atoms with Gasteiger partial charge in [-0.3, -0.25) is 9.59 Å². The lowest BCUT2D eigenvalue weighted by atomic mass is 9.88. The molecule has 2 amide bonds. The lowest BCUT2D eigenvalue weighted by Gasteiger charge is -2.50. The van der Waals surface area contributed by atoms with Crippen molar-refractivity contribution in [1.82, 2.24) is 10.6 Å². The first kappa shape index (κ1) is 78.5. The smallest absolute Gasteiger partial charge is 0.364 e. The quantitative estimate of drug-likeness (QED) is 0.0285. The molecule has 0 bridgehead atoms. The average Bonchev–Trinajstić information content (AvgIpc) is 0.958. The Kier molecular flexibility index (Phi) is 41.0. The predicted molar refractivity (Wildman–Crippen MR) is 324 cm³/mol. The number of ether oxygens (including phenoxy) is 6. The Morgan fingerprint density at radius 3 is 1.57 bits per heavy atom. The van der Waals surface area contributed by atoms with Crippen molar-refractivity contribution in [2.45, 2.75) is 336 Å². The van der Waals surface area contributed by atoms with Gasteiger partial charge in [0, 0.05) is 19.8 Å². The fourth-order valence-corrected chi connectivity index (χ4v) is 11.5. The Bertz CT molecular complexity index is 1870. The van der Waals surface area contributed by atoms with Crippen LogP contribution in [-0.2, 0) is 42.8 Å². The minimum absolute atomic E-state index is 0.151. The number of carboxylic acid groups (broad SMARTS) is 1. The number of aliphatic hydroxyl groups is 11. The molecule has 3 aliphatic heterocycles. The first-order valence-corrected chi connectivity index (χ1v) is 33.2. The molecule has 0 aliphatic carbocycles. The van der Waals surface area contributed by atoms with E-state index in [4.69, 9.17) is 28.4 Å². The molecule has 0 saturated carbocycles. The van der Waals surface area contributed by atoms with Gasteiger partial charge < -0.3 is 100 Å². The number of amides is 2. The highest BCUT2D eigenvalue weighted by Crippen LogP contribution is 2.38. The Hall–Kier alpha value is -2.79. The van der Waals surface area contributed by atoms with E-state index in [9.17, 15) is 75.7 Å². The zero-order chi connectivity index (χ0) is 64.0. The Balaban J connectivity index is 1.58. The van der Waals surface area contributed by atoms with Crippen LogP contribution in [0.5, 0.6) is 0 Å². The molecule has 14 N–H and O–H groups in total. The van der Waals surface area contributed by atoms with E-state index in [0.29, 0.717) is 19.3 Å². The normalized spacial score (nSPS) is 29.3. The molecule has 3 heterocycles. The van der Waals surface area contributed by atoms with Crippen molar-refractivity contribution in [2.75, 3.05) is 26.4 Å². The van der Waals surface area contributed by atoms with Gasteiger partial charge in [0.15, 0.2) is 12.6 Å². The molecule has 0 aromatic heterocycles. The van der Waals surface area contributed by atoms with Gasteiger partial charge in [-0.2, -0.15) is 0 Å². The van der Waals surface area contributed by atoms with Gasteiger partial charge in [-0.1, -0.05) is 192 Å². The number of carboxylic acids is 1. The SMILES string of the molecule is CCCCCC/C=C\CCCC(=O)NC(COC1OC(CO)C(OC2OC(CO)C(O)C(OC3(C(=O)O)CC(O)C(NC(C)=O)C(C(O)C(O)CO)O3)C2O)C(O)C1O)C(O)/C=C/CCCCCCCCCCCCCCCCCCCCCCCC. The summed E-state index contributed by atoms with van der Waals surface area (Å²) in [6, 6.07) is -2.63. The predicted octanol–water partition coefficient (Wildman–Crippen LogP) is 4.89. The molecular weight excluding hydrogens is 1130 g/mol. The van der Waals surface area contributed by atoms with Crippen molar-refractivity contribution in [3.63, 3.8) is 0 Å². The van der Waals surface area contributed by atoms with Crippen molar-refractivity contribution in [3.05, 3.63) is 24.3 Å². The van der Waals surface area contributed by atoms with Crippen LogP contribution in [0, 0.1) is 0 Å². The summed E-state index contributed by atoms with van der Waals surface area (Å²) in [7, 11) is 0. The minimum atomic E-state index is -3.08. The van der Waals surface area contributed by atoms with Crippen molar-refractivity contribution < 1.29 is 104 Å². The molecule has 3 fully saturated rings. The van der Waals surface area contributed by atoms with Crippen molar-refractivity contribution >= 4 is 17.8 Å². The highest BCUT2D eigenvalue weighted by Gasteiger charge is 2.60. The van der Waals surface area contributed by atoms with E-state index in [1.165, 1.54) is 128 Å². The van der Waals surface area contributed by atoms with Crippen LogP contribution in [-0.4, -0.2) is 215 Å². The van der Waals surface area contributed by atoms with Crippen LogP contribution in [0.2, 0.25) is 0 Å². The maximum absolute atomic E-state index is 13.3. The van der Waals surface area contributed by atoms with Crippen LogP contribution in [0.3, 0.4) is 0 Å². The van der Waals surface area contributed by atoms with E-state index in [0.717, 1.165) is 51.9 Å². The summed E-state index contributed by atoms with van der Waals surface area (Å²) in [5.74, 6) is -6.18. The molecule has 0 aromatic rings. The Morgan fingerprint density at radius 2 is 1.08 bits per heavy atom. The van der Waals surface area contributed by atoms with Crippen LogP contribution in [0.4, 0.5) is 0 Å². The van der Waals surface area contributed by atoms with Gasteiger partial charge in [0.25, 0.3) is 5.79 Å².